The van der Waals surface area contributed by atoms with Gasteiger partial charge in [0.15, 0.2) is 0 Å². The average Bonchev–Trinajstić information content (AvgIpc) is 3.37. The van der Waals surface area contributed by atoms with Crippen molar-refractivity contribution in [3.63, 3.8) is 0 Å². The Bertz CT molecular complexity index is 955. The van der Waals surface area contributed by atoms with Crippen LogP contribution >= 0.6 is 0 Å². The number of amides is 2. The number of aromatic amines is 1. The number of para-hydroxylation sites is 1. The van der Waals surface area contributed by atoms with E-state index in [1.54, 1.807) is 0 Å². The normalized spacial score (nSPS) is 13.6. The van der Waals surface area contributed by atoms with Crippen molar-refractivity contribution in [3.8, 4) is 0 Å². The number of hydrogen-bond donors (Lipinski definition) is 2. The average molecular weight is 347 g/mol. The lowest BCUT2D eigenvalue weighted by Crippen LogP contribution is -2.34. The molecule has 5 heteroatoms. The zero-order valence-electron chi connectivity index (χ0n) is 14.7. The fourth-order valence-electron chi connectivity index (χ4n) is 3.33. The first-order valence-electron chi connectivity index (χ1n) is 8.86. The molecule has 0 unspecified atom stereocenters. The number of anilines is 2. The third-order valence-corrected chi connectivity index (χ3v) is 4.66. The Hall–Kier alpha value is -3.08. The monoisotopic (exact) mass is 347 g/mol. The molecule has 2 N–H and O–H groups in total. The SMILES string of the molecule is CC(=O)Nc1ccc(N(C(=O)Cc2c[nH]c3ccccc23)C2CC2)cc1. The molecule has 1 aromatic heterocycles. The van der Waals surface area contributed by atoms with Gasteiger partial charge in [0.05, 0.1) is 6.42 Å². The van der Waals surface area contributed by atoms with Crippen molar-refractivity contribution in [1.29, 1.82) is 0 Å². The third kappa shape index (κ3) is 3.33. The van der Waals surface area contributed by atoms with Crippen LogP contribution in [0.2, 0.25) is 0 Å². The van der Waals surface area contributed by atoms with Crippen molar-refractivity contribution >= 4 is 34.1 Å². The summed E-state index contributed by atoms with van der Waals surface area (Å²) in [4.78, 5) is 29.3. The van der Waals surface area contributed by atoms with Gasteiger partial charge in [0.1, 0.15) is 0 Å². The lowest BCUT2D eigenvalue weighted by Gasteiger charge is -2.23. The number of aromatic nitrogens is 1. The lowest BCUT2D eigenvalue weighted by molar-refractivity contribution is -0.118. The number of H-pyrrole nitrogens is 1. The molecular formula is C21H21N3O2. The highest BCUT2D eigenvalue weighted by Gasteiger charge is 2.33. The van der Waals surface area contributed by atoms with E-state index in [2.05, 4.69) is 10.3 Å². The highest BCUT2D eigenvalue weighted by atomic mass is 16.2. The van der Waals surface area contributed by atoms with E-state index in [9.17, 15) is 9.59 Å². The van der Waals surface area contributed by atoms with Gasteiger partial charge >= 0.3 is 0 Å². The van der Waals surface area contributed by atoms with E-state index >= 15 is 0 Å². The summed E-state index contributed by atoms with van der Waals surface area (Å²) in [6.07, 6.45) is 4.36. The second-order valence-electron chi connectivity index (χ2n) is 6.76. The van der Waals surface area contributed by atoms with Crippen LogP contribution in [-0.4, -0.2) is 22.8 Å². The van der Waals surface area contributed by atoms with Crippen LogP contribution in [0.25, 0.3) is 10.9 Å². The third-order valence-electron chi connectivity index (χ3n) is 4.66. The maximum Gasteiger partial charge on any atom is 0.231 e. The molecule has 26 heavy (non-hydrogen) atoms. The molecule has 2 aromatic carbocycles. The van der Waals surface area contributed by atoms with Crippen LogP contribution in [0.15, 0.2) is 54.7 Å². The fraction of sp³-hybridized carbons (Fsp3) is 0.238. The maximum absolute atomic E-state index is 13.0. The van der Waals surface area contributed by atoms with E-state index in [0.717, 1.165) is 40.7 Å². The summed E-state index contributed by atoms with van der Waals surface area (Å²) in [7, 11) is 0. The van der Waals surface area contributed by atoms with Gasteiger partial charge in [-0.05, 0) is 48.7 Å². The van der Waals surface area contributed by atoms with Crippen LogP contribution in [-0.2, 0) is 16.0 Å². The van der Waals surface area contributed by atoms with E-state index in [4.69, 9.17) is 0 Å². The van der Waals surface area contributed by atoms with E-state index in [-0.39, 0.29) is 17.9 Å². The summed E-state index contributed by atoms with van der Waals surface area (Å²) >= 11 is 0. The van der Waals surface area contributed by atoms with Gasteiger partial charge < -0.3 is 15.2 Å². The van der Waals surface area contributed by atoms with Crippen LogP contribution in [0.3, 0.4) is 0 Å². The summed E-state index contributed by atoms with van der Waals surface area (Å²) in [5.74, 6) is -0.00302. The molecule has 2 amide bonds. The minimum atomic E-state index is -0.104. The van der Waals surface area contributed by atoms with Crippen molar-refractivity contribution in [2.45, 2.75) is 32.2 Å². The molecule has 3 aromatic rings. The van der Waals surface area contributed by atoms with Crippen LogP contribution in [0.5, 0.6) is 0 Å². The molecule has 1 saturated carbocycles. The summed E-state index contributed by atoms with van der Waals surface area (Å²) < 4.78 is 0. The van der Waals surface area contributed by atoms with E-state index in [0.29, 0.717) is 6.42 Å². The van der Waals surface area contributed by atoms with Gasteiger partial charge in [-0.1, -0.05) is 18.2 Å². The van der Waals surface area contributed by atoms with Gasteiger partial charge in [0, 0.05) is 41.4 Å². The molecule has 132 valence electrons. The minimum absolute atomic E-state index is 0.101. The molecule has 0 spiro atoms. The molecule has 0 bridgehead atoms. The minimum Gasteiger partial charge on any atom is -0.361 e. The highest BCUT2D eigenvalue weighted by molar-refractivity contribution is 5.98. The maximum atomic E-state index is 13.0. The number of rotatable bonds is 5. The predicted molar refractivity (Wildman–Crippen MR) is 103 cm³/mol. The number of hydrogen-bond acceptors (Lipinski definition) is 2. The molecule has 5 nitrogen and oxygen atoms in total. The van der Waals surface area contributed by atoms with Gasteiger partial charge in [-0.15, -0.1) is 0 Å². The van der Waals surface area contributed by atoms with Gasteiger partial charge in [0.2, 0.25) is 11.8 Å². The standard InChI is InChI=1S/C21H21N3O2/c1-14(25)23-16-6-8-17(9-7-16)24(18-10-11-18)21(26)12-15-13-22-20-5-3-2-4-19(15)20/h2-9,13,18,22H,10-12H2,1H3,(H,23,25). The first-order chi connectivity index (χ1) is 12.6. The van der Waals surface area contributed by atoms with Crippen LogP contribution < -0.4 is 10.2 Å². The first kappa shape index (κ1) is 16.4. The molecule has 1 aliphatic carbocycles. The summed E-state index contributed by atoms with van der Waals surface area (Å²) in [6.45, 7) is 1.48. The molecular weight excluding hydrogens is 326 g/mol. The Labute approximate surface area is 152 Å². The fourth-order valence-corrected chi connectivity index (χ4v) is 3.33. The quantitative estimate of drug-likeness (QED) is 0.736. The van der Waals surface area contributed by atoms with Gasteiger partial charge in [0.25, 0.3) is 0 Å². The highest BCUT2D eigenvalue weighted by Crippen LogP contribution is 2.33. The first-order valence-corrected chi connectivity index (χ1v) is 8.86. The van der Waals surface area contributed by atoms with Crippen molar-refractivity contribution < 1.29 is 9.59 Å². The molecule has 1 fully saturated rings. The van der Waals surface area contributed by atoms with Gasteiger partial charge in [-0.25, -0.2) is 0 Å². The number of benzene rings is 2. The van der Waals surface area contributed by atoms with E-state index < -0.39 is 0 Å². The predicted octanol–water partition coefficient (Wildman–Crippen LogP) is 3.86. The molecule has 0 atom stereocenters. The Morgan fingerprint density at radius 3 is 2.54 bits per heavy atom. The Morgan fingerprint density at radius 1 is 1.12 bits per heavy atom. The van der Waals surface area contributed by atoms with Gasteiger partial charge in [-0.2, -0.15) is 0 Å². The Morgan fingerprint density at radius 2 is 1.85 bits per heavy atom. The summed E-state index contributed by atoms with van der Waals surface area (Å²) in [5, 5.41) is 3.85. The Kier molecular flexibility index (Phi) is 4.21. The second-order valence-corrected chi connectivity index (χ2v) is 6.76. The van der Waals surface area contributed by atoms with Crippen LogP contribution in [0.4, 0.5) is 11.4 Å². The number of nitrogens with zero attached hydrogens (tertiary/aromatic N) is 1. The molecule has 1 aliphatic rings. The topological polar surface area (TPSA) is 65.2 Å². The number of nitrogens with one attached hydrogen (secondary N) is 2. The smallest absolute Gasteiger partial charge is 0.231 e. The van der Waals surface area contributed by atoms with E-state index in [1.165, 1.54) is 6.92 Å². The van der Waals surface area contributed by atoms with E-state index in [1.807, 2.05) is 59.6 Å². The Balaban J connectivity index is 1.56. The number of carbonyl (C=O) groups is 2. The zero-order chi connectivity index (χ0) is 18.1. The zero-order valence-corrected chi connectivity index (χ0v) is 14.7. The molecule has 0 saturated heterocycles. The largest absolute Gasteiger partial charge is 0.361 e. The number of carbonyl (C=O) groups excluding carboxylic acids is 2. The lowest BCUT2D eigenvalue weighted by atomic mass is 10.1. The molecule has 0 aliphatic heterocycles. The van der Waals surface area contributed by atoms with Crippen molar-refractivity contribution in [3.05, 3.63) is 60.3 Å². The van der Waals surface area contributed by atoms with Crippen LogP contribution in [0, 0.1) is 0 Å². The second kappa shape index (κ2) is 6.67. The molecule has 4 rings (SSSR count). The van der Waals surface area contributed by atoms with Crippen molar-refractivity contribution in [1.82, 2.24) is 4.98 Å². The summed E-state index contributed by atoms with van der Waals surface area (Å²) in [6, 6.07) is 15.8. The van der Waals surface area contributed by atoms with Crippen LogP contribution in [0.1, 0.15) is 25.3 Å². The van der Waals surface area contributed by atoms with Crippen molar-refractivity contribution in [2.75, 3.05) is 10.2 Å². The molecule has 1 heterocycles. The van der Waals surface area contributed by atoms with Gasteiger partial charge in [-0.3, -0.25) is 9.59 Å². The number of fused-ring (bicyclic) bond motifs is 1. The van der Waals surface area contributed by atoms with Crippen molar-refractivity contribution in [2.24, 2.45) is 0 Å². The molecule has 0 radical (unpaired) electrons. The summed E-state index contributed by atoms with van der Waals surface area (Å²) in [5.41, 5.74) is 3.69.